The van der Waals surface area contributed by atoms with E-state index in [2.05, 4.69) is 19.7 Å². The Bertz CT molecular complexity index is 1120. The fourth-order valence-electron chi connectivity index (χ4n) is 2.71. The summed E-state index contributed by atoms with van der Waals surface area (Å²) in [6.07, 6.45) is 4.57. The molecule has 0 fully saturated rings. The third-order valence-electron chi connectivity index (χ3n) is 4.65. The van der Waals surface area contributed by atoms with Crippen molar-refractivity contribution >= 4 is 24.4 Å². The Morgan fingerprint density at radius 1 is 0.744 bits per heavy atom. The molecule has 0 amide bonds. The lowest BCUT2D eigenvalue weighted by Gasteiger charge is -2.18. The smallest absolute Gasteiger partial charge is 0.508 e. The van der Waals surface area contributed by atoms with Gasteiger partial charge in [-0.3, -0.25) is 0 Å². The Kier molecular flexibility index (Phi) is 15.1. The van der Waals surface area contributed by atoms with Crippen LogP contribution >= 0.6 is 0 Å². The minimum absolute atomic E-state index is 0.292. The second-order valence-electron chi connectivity index (χ2n) is 8.95. The number of carbonyl (C=O) groups is 1. The second kappa shape index (κ2) is 18.0. The fourth-order valence-corrected chi connectivity index (χ4v) is 2.71. The molecule has 3 rings (SSSR count). The second-order valence-corrected chi connectivity index (χ2v) is 8.95. The molecule has 0 aliphatic carbocycles. The van der Waals surface area contributed by atoms with E-state index in [9.17, 15) is 4.79 Å². The molecule has 0 radical (unpaired) electrons. The van der Waals surface area contributed by atoms with Gasteiger partial charge in [0.25, 0.3) is 0 Å². The highest BCUT2D eigenvalue weighted by molar-refractivity contribution is 5.64. The van der Waals surface area contributed by atoms with Crippen molar-refractivity contribution in [2.75, 3.05) is 19.8 Å². The van der Waals surface area contributed by atoms with Crippen LogP contribution in [0.25, 0.3) is 18.2 Å². The largest absolute Gasteiger partial charge is 0.514 e. The number of ether oxygens (including phenoxy) is 4. The number of phenols is 1. The first-order valence-corrected chi connectivity index (χ1v) is 12.6. The number of hydrogen-bond acceptors (Lipinski definition) is 6. The summed E-state index contributed by atoms with van der Waals surface area (Å²) in [7, 11) is 0. The predicted molar refractivity (Wildman–Crippen MR) is 160 cm³/mol. The molecule has 0 aliphatic heterocycles. The number of phenolic OH excluding ortho intramolecular Hbond substituents is 1. The molecule has 6 heteroatoms. The van der Waals surface area contributed by atoms with Gasteiger partial charge in [-0.2, -0.15) is 0 Å². The maximum Gasteiger partial charge on any atom is 0.514 e. The molecule has 0 bridgehead atoms. The van der Waals surface area contributed by atoms with E-state index >= 15 is 0 Å². The average molecular weight is 533 g/mol. The van der Waals surface area contributed by atoms with Crippen molar-refractivity contribution in [2.24, 2.45) is 0 Å². The van der Waals surface area contributed by atoms with Crippen LogP contribution in [0.1, 0.15) is 44.4 Å². The first kappa shape index (κ1) is 32.7. The standard InChI is InChI=1S/C13H16O3.C12H16O2.C8H8O/c1-5-10-6-8-11(9-7-10)15-12(14)16-13(2,3)4;1-3-11-5-7-12(8-6-11)14-10-9-13-4-2;1-2-7-3-5-8(9)6-4-7/h5-9H,1H2,2-4H3;3,5-8H,1,4,9-10H2,2H3;2-6,9H,1H2. The van der Waals surface area contributed by atoms with Crippen LogP contribution in [0.15, 0.2) is 92.5 Å². The van der Waals surface area contributed by atoms with Crippen molar-refractivity contribution in [1.82, 2.24) is 0 Å². The Hall–Kier alpha value is -4.29. The lowest BCUT2D eigenvalue weighted by atomic mass is 10.2. The lowest BCUT2D eigenvalue weighted by molar-refractivity contribution is 0.0206. The first-order chi connectivity index (χ1) is 18.6. The monoisotopic (exact) mass is 532 g/mol. The zero-order chi connectivity index (χ0) is 29.1. The molecule has 6 nitrogen and oxygen atoms in total. The normalized spacial score (nSPS) is 9.95. The zero-order valence-electron chi connectivity index (χ0n) is 23.4. The van der Waals surface area contributed by atoms with Crippen molar-refractivity contribution in [3.05, 3.63) is 109 Å². The van der Waals surface area contributed by atoms with E-state index in [1.54, 1.807) is 57.2 Å². The van der Waals surface area contributed by atoms with Gasteiger partial charge in [0.1, 0.15) is 29.5 Å². The van der Waals surface area contributed by atoms with Crippen molar-refractivity contribution in [2.45, 2.75) is 33.3 Å². The summed E-state index contributed by atoms with van der Waals surface area (Å²) in [6.45, 7) is 20.2. The Balaban J connectivity index is 0.000000303. The summed E-state index contributed by atoms with van der Waals surface area (Å²) in [5.74, 6) is 1.62. The van der Waals surface area contributed by atoms with Gasteiger partial charge >= 0.3 is 6.16 Å². The number of carbonyl (C=O) groups excluding carboxylic acids is 1. The highest BCUT2D eigenvalue weighted by Gasteiger charge is 2.17. The summed E-state index contributed by atoms with van der Waals surface area (Å²) in [5, 5.41) is 8.82. The van der Waals surface area contributed by atoms with E-state index in [4.69, 9.17) is 24.1 Å². The van der Waals surface area contributed by atoms with Crippen LogP contribution in [0, 0.1) is 0 Å². The maximum atomic E-state index is 11.3. The molecule has 0 saturated heterocycles. The molecule has 1 N–H and O–H groups in total. The minimum Gasteiger partial charge on any atom is -0.508 e. The minimum atomic E-state index is -0.696. The molecule has 39 heavy (non-hydrogen) atoms. The van der Waals surface area contributed by atoms with E-state index in [-0.39, 0.29) is 0 Å². The highest BCUT2D eigenvalue weighted by Crippen LogP contribution is 2.16. The van der Waals surface area contributed by atoms with E-state index in [0.29, 0.717) is 24.7 Å². The number of benzene rings is 3. The van der Waals surface area contributed by atoms with Crippen molar-refractivity contribution < 1.29 is 28.8 Å². The van der Waals surface area contributed by atoms with Gasteiger partial charge in [0.05, 0.1) is 6.61 Å². The molecule has 0 spiro atoms. The van der Waals surface area contributed by atoms with E-state index in [1.807, 2.05) is 61.5 Å². The molecule has 3 aromatic carbocycles. The fraction of sp³-hybridized carbons (Fsp3) is 0.242. The van der Waals surface area contributed by atoms with Crippen LogP contribution in [0.5, 0.6) is 17.2 Å². The van der Waals surface area contributed by atoms with Crippen LogP contribution in [0.4, 0.5) is 4.79 Å². The highest BCUT2D eigenvalue weighted by atomic mass is 16.7. The molecule has 0 heterocycles. The van der Waals surface area contributed by atoms with Gasteiger partial charge in [-0.05, 0) is 80.8 Å². The van der Waals surface area contributed by atoms with Gasteiger partial charge in [0.15, 0.2) is 0 Å². The molecule has 0 aliphatic rings. The maximum absolute atomic E-state index is 11.3. The zero-order valence-corrected chi connectivity index (χ0v) is 23.4. The van der Waals surface area contributed by atoms with Gasteiger partial charge < -0.3 is 24.1 Å². The molecule has 3 aromatic rings. The quantitative estimate of drug-likeness (QED) is 0.169. The number of aromatic hydroxyl groups is 1. The Labute approximate surface area is 232 Å². The number of hydrogen-bond donors (Lipinski definition) is 1. The van der Waals surface area contributed by atoms with E-state index in [0.717, 1.165) is 29.0 Å². The van der Waals surface area contributed by atoms with Crippen LogP contribution in [-0.2, 0) is 9.47 Å². The summed E-state index contributed by atoms with van der Waals surface area (Å²) in [4.78, 5) is 11.3. The third-order valence-corrected chi connectivity index (χ3v) is 4.65. The molecular weight excluding hydrogens is 492 g/mol. The van der Waals surface area contributed by atoms with Crippen molar-refractivity contribution in [1.29, 1.82) is 0 Å². The van der Waals surface area contributed by atoms with Gasteiger partial charge in [-0.15, -0.1) is 0 Å². The molecule has 0 saturated carbocycles. The Morgan fingerprint density at radius 3 is 1.59 bits per heavy atom. The van der Waals surface area contributed by atoms with Crippen LogP contribution in [0.2, 0.25) is 0 Å². The summed E-state index contributed by atoms with van der Waals surface area (Å²) in [5.41, 5.74) is 2.55. The van der Waals surface area contributed by atoms with Crippen LogP contribution in [0.3, 0.4) is 0 Å². The third kappa shape index (κ3) is 15.5. The van der Waals surface area contributed by atoms with Gasteiger partial charge in [0, 0.05) is 6.61 Å². The predicted octanol–water partition coefficient (Wildman–Crippen LogP) is 8.42. The first-order valence-electron chi connectivity index (χ1n) is 12.6. The van der Waals surface area contributed by atoms with Crippen LogP contribution < -0.4 is 9.47 Å². The topological polar surface area (TPSA) is 74.2 Å². The van der Waals surface area contributed by atoms with Gasteiger partial charge in [-0.1, -0.05) is 74.4 Å². The summed E-state index contributed by atoms with van der Waals surface area (Å²) < 4.78 is 20.6. The summed E-state index contributed by atoms with van der Waals surface area (Å²) >= 11 is 0. The van der Waals surface area contributed by atoms with E-state index < -0.39 is 11.8 Å². The van der Waals surface area contributed by atoms with E-state index in [1.165, 1.54) is 0 Å². The molecule has 208 valence electrons. The molecule has 0 aromatic heterocycles. The molecular formula is C33H40O6. The van der Waals surface area contributed by atoms with Crippen molar-refractivity contribution in [3.8, 4) is 17.2 Å². The average Bonchev–Trinajstić information content (AvgIpc) is 2.92. The number of rotatable bonds is 9. The van der Waals surface area contributed by atoms with Gasteiger partial charge in [-0.25, -0.2) is 4.79 Å². The molecule has 0 atom stereocenters. The van der Waals surface area contributed by atoms with Crippen LogP contribution in [-0.4, -0.2) is 36.7 Å². The Morgan fingerprint density at radius 2 is 1.18 bits per heavy atom. The molecule has 0 unspecified atom stereocenters. The van der Waals surface area contributed by atoms with Gasteiger partial charge in [0.2, 0.25) is 0 Å². The van der Waals surface area contributed by atoms with Crippen molar-refractivity contribution in [3.63, 3.8) is 0 Å². The lowest BCUT2D eigenvalue weighted by Crippen LogP contribution is -2.25. The SMILES string of the molecule is C=Cc1ccc(O)cc1.C=Cc1ccc(OC(=O)OC(C)(C)C)cc1.C=Cc1ccc(OCCOCC)cc1. The summed E-state index contributed by atoms with van der Waals surface area (Å²) in [6, 6.07) is 21.7.